The number of allylic oxidation sites excluding steroid dienone is 1. The molecular formula is C17H22O. The van der Waals surface area contributed by atoms with Gasteiger partial charge in [0.15, 0.2) is 0 Å². The Hall–Kier alpha value is -1.52. The van der Waals surface area contributed by atoms with Crippen molar-refractivity contribution in [1.82, 2.24) is 0 Å². The van der Waals surface area contributed by atoms with E-state index in [9.17, 15) is 0 Å². The van der Waals surface area contributed by atoms with Crippen LogP contribution in [0.3, 0.4) is 0 Å². The monoisotopic (exact) mass is 242 g/mol. The first-order valence-electron chi connectivity index (χ1n) is 6.61. The fraction of sp³-hybridized carbons (Fsp3) is 0.412. The fourth-order valence-corrected chi connectivity index (χ4v) is 1.59. The highest BCUT2D eigenvalue weighted by Crippen LogP contribution is 2.10. The van der Waals surface area contributed by atoms with Crippen LogP contribution in [0.25, 0.3) is 0 Å². The highest BCUT2D eigenvalue weighted by Gasteiger charge is 1.97. The Morgan fingerprint density at radius 2 is 2.11 bits per heavy atom. The van der Waals surface area contributed by atoms with E-state index in [1.807, 2.05) is 19.1 Å². The van der Waals surface area contributed by atoms with Gasteiger partial charge in [0.05, 0.1) is 6.61 Å². The van der Waals surface area contributed by atoms with Crippen LogP contribution in [0.15, 0.2) is 35.9 Å². The summed E-state index contributed by atoms with van der Waals surface area (Å²) in [5.41, 5.74) is 3.34. The molecule has 0 aliphatic carbocycles. The second-order valence-electron chi connectivity index (χ2n) is 4.48. The third-order valence-corrected chi connectivity index (χ3v) is 2.82. The van der Waals surface area contributed by atoms with E-state index in [0.29, 0.717) is 0 Å². The molecule has 0 aliphatic heterocycles. The largest absolute Gasteiger partial charge is 0.392 e. The number of hydrogen-bond donors (Lipinski definition) is 1. The zero-order valence-corrected chi connectivity index (χ0v) is 11.4. The summed E-state index contributed by atoms with van der Waals surface area (Å²) in [5, 5.41) is 8.99. The molecule has 18 heavy (non-hydrogen) atoms. The molecular weight excluding hydrogens is 220 g/mol. The highest BCUT2D eigenvalue weighted by atomic mass is 16.3. The summed E-state index contributed by atoms with van der Waals surface area (Å²) in [5.74, 6) is 6.47. The van der Waals surface area contributed by atoms with Crippen LogP contribution in [0.2, 0.25) is 0 Å². The Morgan fingerprint density at radius 1 is 1.33 bits per heavy atom. The molecule has 0 amide bonds. The van der Waals surface area contributed by atoms with Crippen molar-refractivity contribution in [2.45, 2.75) is 39.5 Å². The lowest BCUT2D eigenvalue weighted by molar-refractivity contribution is 0.331. The maximum Gasteiger partial charge on any atom is 0.0639 e. The van der Waals surface area contributed by atoms with Gasteiger partial charge in [0, 0.05) is 12.0 Å². The van der Waals surface area contributed by atoms with Gasteiger partial charge >= 0.3 is 0 Å². The molecule has 1 rings (SSSR count). The maximum absolute atomic E-state index is 8.99. The Balaban J connectivity index is 2.75. The predicted octanol–water partition coefficient (Wildman–Crippen LogP) is 3.71. The Labute approximate surface area is 111 Å². The quantitative estimate of drug-likeness (QED) is 0.474. The maximum atomic E-state index is 8.99. The van der Waals surface area contributed by atoms with Crippen LogP contribution < -0.4 is 0 Å². The summed E-state index contributed by atoms with van der Waals surface area (Å²) in [7, 11) is 0. The van der Waals surface area contributed by atoms with Gasteiger partial charge in [0.2, 0.25) is 0 Å². The number of hydrogen-bond acceptors (Lipinski definition) is 1. The lowest BCUT2D eigenvalue weighted by Gasteiger charge is -2.02. The minimum Gasteiger partial charge on any atom is -0.392 e. The molecule has 0 aromatic heterocycles. The lowest BCUT2D eigenvalue weighted by Crippen LogP contribution is -1.90. The van der Waals surface area contributed by atoms with Gasteiger partial charge in [-0.25, -0.2) is 0 Å². The average molecular weight is 242 g/mol. The topological polar surface area (TPSA) is 20.2 Å². The Morgan fingerprint density at radius 3 is 2.83 bits per heavy atom. The van der Waals surface area contributed by atoms with Crippen LogP contribution in [-0.4, -0.2) is 11.7 Å². The summed E-state index contributed by atoms with van der Waals surface area (Å²) in [6, 6.07) is 8.23. The second-order valence-corrected chi connectivity index (χ2v) is 4.48. The molecule has 96 valence electrons. The van der Waals surface area contributed by atoms with Crippen molar-refractivity contribution in [1.29, 1.82) is 0 Å². The molecule has 0 fully saturated rings. The van der Waals surface area contributed by atoms with E-state index in [2.05, 4.69) is 37.0 Å². The standard InChI is InChI=1S/C17H22O/c1-3-4-5-6-9-16-10-7-8-11-17(16)13-12-15(2)14-18/h7-8,10-12,18H,3-5,13-14H2,1-2H3/b15-12+. The van der Waals surface area contributed by atoms with E-state index in [1.54, 1.807) is 0 Å². The normalized spacial score (nSPS) is 10.9. The molecule has 0 saturated heterocycles. The van der Waals surface area contributed by atoms with Gasteiger partial charge in [0.25, 0.3) is 0 Å². The predicted molar refractivity (Wildman–Crippen MR) is 77.4 cm³/mol. The third kappa shape index (κ3) is 5.21. The number of benzene rings is 1. The zero-order valence-electron chi connectivity index (χ0n) is 11.4. The molecule has 1 aromatic rings. The summed E-state index contributed by atoms with van der Waals surface area (Å²) in [6.45, 7) is 4.25. The van der Waals surface area contributed by atoms with Crippen LogP contribution in [0, 0.1) is 11.8 Å². The van der Waals surface area contributed by atoms with Crippen LogP contribution >= 0.6 is 0 Å². The molecule has 0 unspecified atom stereocenters. The first kappa shape index (κ1) is 14.5. The van der Waals surface area contributed by atoms with Crippen molar-refractivity contribution in [3.63, 3.8) is 0 Å². The zero-order chi connectivity index (χ0) is 13.2. The van der Waals surface area contributed by atoms with E-state index in [4.69, 9.17) is 5.11 Å². The smallest absolute Gasteiger partial charge is 0.0639 e. The van der Waals surface area contributed by atoms with Crippen molar-refractivity contribution in [2.75, 3.05) is 6.61 Å². The number of rotatable bonds is 5. The first-order valence-corrected chi connectivity index (χ1v) is 6.61. The minimum absolute atomic E-state index is 0.129. The molecule has 1 heteroatoms. The van der Waals surface area contributed by atoms with Crippen molar-refractivity contribution >= 4 is 0 Å². The van der Waals surface area contributed by atoms with Crippen LogP contribution in [0.4, 0.5) is 0 Å². The first-order chi connectivity index (χ1) is 8.77. The molecule has 1 aromatic carbocycles. The molecule has 0 aliphatic rings. The fourth-order valence-electron chi connectivity index (χ4n) is 1.59. The van der Waals surface area contributed by atoms with Gasteiger partial charge < -0.3 is 5.11 Å². The Bertz CT molecular complexity index is 446. The number of unbranched alkanes of at least 4 members (excludes halogenated alkanes) is 2. The summed E-state index contributed by atoms with van der Waals surface area (Å²) >= 11 is 0. The number of aliphatic hydroxyl groups excluding tert-OH is 1. The van der Waals surface area contributed by atoms with Gasteiger partial charge in [-0.15, -0.1) is 0 Å². The van der Waals surface area contributed by atoms with Gasteiger partial charge in [-0.05, 0) is 31.4 Å². The van der Waals surface area contributed by atoms with E-state index in [-0.39, 0.29) is 6.61 Å². The van der Waals surface area contributed by atoms with E-state index in [1.165, 1.54) is 18.4 Å². The third-order valence-electron chi connectivity index (χ3n) is 2.82. The molecule has 0 atom stereocenters. The summed E-state index contributed by atoms with van der Waals surface area (Å²) in [6.07, 6.45) is 6.22. The SMILES string of the molecule is CCCCC#Cc1ccccc1C/C=C(\C)CO. The summed E-state index contributed by atoms with van der Waals surface area (Å²) in [4.78, 5) is 0. The van der Waals surface area contributed by atoms with Crippen LogP contribution in [0.5, 0.6) is 0 Å². The number of aliphatic hydroxyl groups is 1. The average Bonchev–Trinajstić information content (AvgIpc) is 2.42. The molecule has 1 N–H and O–H groups in total. The van der Waals surface area contributed by atoms with Crippen LogP contribution in [0.1, 0.15) is 44.2 Å². The van der Waals surface area contributed by atoms with E-state index < -0.39 is 0 Å². The molecule has 0 radical (unpaired) electrons. The molecule has 1 nitrogen and oxygen atoms in total. The van der Waals surface area contributed by atoms with Gasteiger partial charge in [-0.1, -0.05) is 55.0 Å². The lowest BCUT2D eigenvalue weighted by atomic mass is 10.0. The van der Waals surface area contributed by atoms with Gasteiger partial charge in [-0.3, -0.25) is 0 Å². The van der Waals surface area contributed by atoms with E-state index >= 15 is 0 Å². The van der Waals surface area contributed by atoms with Crippen LogP contribution in [-0.2, 0) is 6.42 Å². The minimum atomic E-state index is 0.129. The summed E-state index contributed by atoms with van der Waals surface area (Å²) < 4.78 is 0. The molecule has 0 bridgehead atoms. The Kier molecular flexibility index (Phi) is 6.91. The van der Waals surface area contributed by atoms with Gasteiger partial charge in [-0.2, -0.15) is 0 Å². The molecule has 0 heterocycles. The van der Waals surface area contributed by atoms with Gasteiger partial charge in [0.1, 0.15) is 0 Å². The molecule has 0 saturated carbocycles. The second kappa shape index (κ2) is 8.55. The van der Waals surface area contributed by atoms with Crippen molar-refractivity contribution in [2.24, 2.45) is 0 Å². The highest BCUT2D eigenvalue weighted by molar-refractivity contribution is 5.42. The molecule has 0 spiro atoms. The van der Waals surface area contributed by atoms with Crippen molar-refractivity contribution in [3.8, 4) is 11.8 Å². The van der Waals surface area contributed by atoms with Crippen molar-refractivity contribution < 1.29 is 5.11 Å². The van der Waals surface area contributed by atoms with E-state index in [0.717, 1.165) is 24.0 Å². The van der Waals surface area contributed by atoms with Crippen molar-refractivity contribution in [3.05, 3.63) is 47.0 Å².